The molecule has 2 N–H and O–H groups in total. The SMILES string of the molecule is CC(C)C(=O)Nc1nc2c(ncn2[C@@H]2O[C@H](COCc3ccccc3)[C@H](OP(OCCC#N)N(C(C)C)C(C)C)C2O[Si](C)(C)C(C)(C)C)c(=O)[nH]1. The Labute approximate surface area is 309 Å². The second-order valence-corrected chi connectivity index (χ2v) is 21.6. The van der Waals surface area contributed by atoms with E-state index in [1.165, 1.54) is 6.33 Å². The van der Waals surface area contributed by atoms with Crippen molar-refractivity contribution in [2.24, 2.45) is 5.92 Å². The van der Waals surface area contributed by atoms with Gasteiger partial charge in [-0.25, -0.2) is 9.65 Å². The lowest BCUT2D eigenvalue weighted by molar-refractivity contribution is -0.118. The second kappa shape index (κ2) is 17.8. The largest absolute Gasteiger partial charge is 0.407 e. The number of carbonyl (C=O) groups is 1. The molecular formula is C36H56N7O7PSi. The van der Waals surface area contributed by atoms with Crippen LogP contribution in [-0.2, 0) is 34.3 Å². The highest BCUT2D eigenvalue weighted by Crippen LogP contribution is 2.52. The zero-order valence-electron chi connectivity index (χ0n) is 32.4. The van der Waals surface area contributed by atoms with Crippen molar-refractivity contribution < 1.29 is 27.7 Å². The standard InChI is InChI=1S/C36H56N7O7PSi/c1-23(2)32(44)40-35-39-31-28(33(45)41-35)38-22-42(31)34-30(50-52(10,11)36(7,8)9)29(27(48-34)21-46-20-26-16-13-12-14-17-26)49-51(47-19-15-18-37)43(24(3)4)25(5)6/h12-14,16-17,22-25,27,29-30,34H,15,19-21H2,1-11H3,(H2,39,40,41,44,45)/t27-,29+,30?,34-,51?/m1/s1. The van der Waals surface area contributed by atoms with Crippen LogP contribution < -0.4 is 10.9 Å². The van der Waals surface area contributed by atoms with Gasteiger partial charge in [-0.05, 0) is 51.4 Å². The van der Waals surface area contributed by atoms with E-state index in [1.807, 2.05) is 30.3 Å². The Morgan fingerprint density at radius 1 is 1.13 bits per heavy atom. The predicted octanol–water partition coefficient (Wildman–Crippen LogP) is 6.88. The fourth-order valence-corrected chi connectivity index (χ4v) is 8.59. The Hall–Kier alpha value is -3.06. The van der Waals surface area contributed by atoms with Crippen molar-refractivity contribution in [2.45, 2.75) is 130 Å². The van der Waals surface area contributed by atoms with Crippen molar-refractivity contribution in [1.29, 1.82) is 5.26 Å². The first-order valence-electron chi connectivity index (χ1n) is 17.9. The third-order valence-electron chi connectivity index (χ3n) is 9.26. The Morgan fingerprint density at radius 3 is 2.40 bits per heavy atom. The minimum absolute atomic E-state index is 0.00674. The van der Waals surface area contributed by atoms with Crippen LogP contribution in [0.5, 0.6) is 0 Å². The molecule has 1 amide bonds. The summed E-state index contributed by atoms with van der Waals surface area (Å²) in [6, 6.07) is 12.2. The fourth-order valence-electron chi connectivity index (χ4n) is 5.53. The molecule has 0 spiro atoms. The molecule has 1 aliphatic rings. The molecule has 3 heterocycles. The van der Waals surface area contributed by atoms with Crippen LogP contribution in [-0.4, -0.2) is 82.0 Å². The molecule has 2 aromatic heterocycles. The molecule has 0 bridgehead atoms. The fraction of sp³-hybridized carbons (Fsp3) is 0.639. The molecule has 286 valence electrons. The van der Waals surface area contributed by atoms with Gasteiger partial charge in [-0.3, -0.25) is 24.5 Å². The van der Waals surface area contributed by atoms with Crippen molar-refractivity contribution in [2.75, 3.05) is 18.5 Å². The van der Waals surface area contributed by atoms with Gasteiger partial charge in [-0.2, -0.15) is 10.2 Å². The summed E-state index contributed by atoms with van der Waals surface area (Å²) in [5.41, 5.74) is 0.819. The highest BCUT2D eigenvalue weighted by Gasteiger charge is 2.53. The zero-order chi connectivity index (χ0) is 38.4. The first-order valence-corrected chi connectivity index (χ1v) is 22.0. The van der Waals surface area contributed by atoms with Gasteiger partial charge in [-0.1, -0.05) is 65.0 Å². The Kier molecular flexibility index (Phi) is 14.3. The van der Waals surface area contributed by atoms with Crippen LogP contribution in [0.25, 0.3) is 11.2 Å². The number of ether oxygens (including phenoxy) is 2. The number of amides is 1. The Morgan fingerprint density at radius 2 is 1.81 bits per heavy atom. The monoisotopic (exact) mass is 757 g/mol. The maximum atomic E-state index is 13.2. The van der Waals surface area contributed by atoms with Crippen LogP contribution in [0, 0.1) is 17.2 Å². The van der Waals surface area contributed by atoms with Crippen LogP contribution in [0.15, 0.2) is 41.5 Å². The molecule has 14 nitrogen and oxygen atoms in total. The summed E-state index contributed by atoms with van der Waals surface area (Å²) in [7, 11) is -4.23. The number of carbonyl (C=O) groups excluding carboxylic acids is 1. The molecule has 3 aromatic rings. The van der Waals surface area contributed by atoms with Crippen molar-refractivity contribution in [3.8, 4) is 6.07 Å². The first kappa shape index (κ1) is 41.7. The minimum Gasteiger partial charge on any atom is -0.407 e. The topological polar surface area (TPSA) is 166 Å². The number of nitrogens with zero attached hydrogens (tertiary/aromatic N) is 5. The van der Waals surface area contributed by atoms with Gasteiger partial charge in [-0.15, -0.1) is 0 Å². The number of nitrogens with one attached hydrogen (secondary N) is 2. The molecule has 0 saturated carbocycles. The molecule has 1 fully saturated rings. The van der Waals surface area contributed by atoms with Crippen LogP contribution in [0.1, 0.15) is 80.5 Å². The van der Waals surface area contributed by atoms with Crippen LogP contribution in [0.4, 0.5) is 5.95 Å². The molecule has 16 heteroatoms. The molecule has 4 rings (SSSR count). The van der Waals surface area contributed by atoms with Crippen molar-refractivity contribution in [1.82, 2.24) is 24.2 Å². The maximum Gasteiger partial charge on any atom is 0.280 e. The molecular weight excluding hydrogens is 701 g/mol. The van der Waals surface area contributed by atoms with Gasteiger partial charge in [0, 0.05) is 18.0 Å². The number of hydrogen-bond acceptors (Lipinski definition) is 11. The van der Waals surface area contributed by atoms with Crippen LogP contribution >= 0.6 is 8.53 Å². The molecule has 0 aliphatic carbocycles. The summed E-state index contributed by atoms with van der Waals surface area (Å²) in [5.74, 6) is -0.617. The predicted molar refractivity (Wildman–Crippen MR) is 204 cm³/mol. The van der Waals surface area contributed by atoms with E-state index < -0.39 is 46.9 Å². The van der Waals surface area contributed by atoms with Gasteiger partial charge in [0.05, 0.1) is 38.6 Å². The van der Waals surface area contributed by atoms with E-state index in [0.29, 0.717) is 6.61 Å². The minimum atomic E-state index is -2.53. The van der Waals surface area contributed by atoms with Crippen molar-refractivity contribution in [3.05, 3.63) is 52.6 Å². The third-order valence-corrected chi connectivity index (χ3v) is 15.9. The van der Waals surface area contributed by atoms with Crippen LogP contribution in [0.3, 0.4) is 0 Å². The molecule has 5 atom stereocenters. The van der Waals surface area contributed by atoms with E-state index >= 15 is 0 Å². The Balaban J connectivity index is 1.85. The number of rotatable bonds is 17. The van der Waals surface area contributed by atoms with Crippen LogP contribution in [0.2, 0.25) is 18.1 Å². The Bertz CT molecular complexity index is 1710. The highest BCUT2D eigenvalue weighted by atomic mass is 31.2. The molecule has 1 saturated heterocycles. The number of fused-ring (bicyclic) bond motifs is 1. The number of imidazole rings is 1. The van der Waals surface area contributed by atoms with Crippen molar-refractivity contribution >= 4 is 39.9 Å². The number of nitriles is 1. The van der Waals surface area contributed by atoms with E-state index in [-0.39, 0.29) is 65.7 Å². The second-order valence-electron chi connectivity index (χ2n) is 15.4. The quantitative estimate of drug-likeness (QED) is 0.0838. The number of aromatic nitrogens is 4. The summed E-state index contributed by atoms with van der Waals surface area (Å²) in [6.07, 6.45) is -1.19. The number of benzene rings is 1. The lowest BCUT2D eigenvalue weighted by Gasteiger charge is -2.42. The number of anilines is 1. The van der Waals surface area contributed by atoms with Gasteiger partial charge in [0.1, 0.15) is 18.3 Å². The first-order chi connectivity index (χ1) is 24.4. The summed E-state index contributed by atoms with van der Waals surface area (Å²) >= 11 is 0. The summed E-state index contributed by atoms with van der Waals surface area (Å²) in [5, 5.41) is 11.9. The number of aromatic amines is 1. The highest BCUT2D eigenvalue weighted by molar-refractivity contribution is 7.44. The van der Waals surface area contributed by atoms with E-state index in [1.54, 1.807) is 18.4 Å². The average molecular weight is 758 g/mol. The maximum absolute atomic E-state index is 13.2. The van der Waals surface area contributed by atoms with Crippen molar-refractivity contribution in [3.63, 3.8) is 0 Å². The lowest BCUT2D eigenvalue weighted by atomic mass is 10.1. The molecule has 2 unspecified atom stereocenters. The average Bonchev–Trinajstić information content (AvgIpc) is 3.61. The van der Waals surface area contributed by atoms with E-state index in [0.717, 1.165) is 5.56 Å². The molecule has 52 heavy (non-hydrogen) atoms. The normalized spacial score (nSPS) is 20.3. The number of hydrogen-bond donors (Lipinski definition) is 2. The third kappa shape index (κ3) is 10.1. The molecule has 1 aromatic carbocycles. The molecule has 0 radical (unpaired) electrons. The lowest BCUT2D eigenvalue weighted by Crippen LogP contribution is -2.49. The summed E-state index contributed by atoms with van der Waals surface area (Å²) in [4.78, 5) is 37.5. The molecule has 1 aliphatic heterocycles. The zero-order valence-corrected chi connectivity index (χ0v) is 34.3. The smallest absolute Gasteiger partial charge is 0.280 e. The number of H-pyrrole nitrogens is 1. The van der Waals surface area contributed by atoms with E-state index in [2.05, 4.69) is 92.6 Å². The van der Waals surface area contributed by atoms with Gasteiger partial charge in [0.15, 0.2) is 25.7 Å². The van der Waals surface area contributed by atoms with Gasteiger partial charge < -0.3 is 22.9 Å². The summed E-state index contributed by atoms with van der Waals surface area (Å²) in [6.45, 7) is 23.4. The van der Waals surface area contributed by atoms with Gasteiger partial charge >= 0.3 is 0 Å². The van der Waals surface area contributed by atoms with E-state index in [9.17, 15) is 14.9 Å². The van der Waals surface area contributed by atoms with Gasteiger partial charge in [0.2, 0.25) is 11.9 Å². The summed E-state index contributed by atoms with van der Waals surface area (Å²) < 4.78 is 37.7. The van der Waals surface area contributed by atoms with Gasteiger partial charge in [0.25, 0.3) is 14.1 Å². The van der Waals surface area contributed by atoms with E-state index in [4.69, 9.17) is 22.9 Å².